The molecule has 0 aromatic carbocycles. The highest BCUT2D eigenvalue weighted by Gasteiger charge is 2.11. The van der Waals surface area contributed by atoms with Gasteiger partial charge in [0.25, 0.3) is 0 Å². The minimum atomic E-state index is 0.114. The van der Waals surface area contributed by atoms with E-state index in [0.29, 0.717) is 11.7 Å². The molecule has 2 aromatic rings. The van der Waals surface area contributed by atoms with Gasteiger partial charge in [-0.15, -0.1) is 11.3 Å². The minimum absolute atomic E-state index is 0.114. The molecule has 2 aromatic heterocycles. The number of nitrogens with zero attached hydrogens (tertiary/aromatic N) is 3. The third kappa shape index (κ3) is 2.95. The molecule has 5 nitrogen and oxygen atoms in total. The predicted octanol–water partition coefficient (Wildman–Crippen LogP) is 2.73. The van der Waals surface area contributed by atoms with Crippen molar-refractivity contribution in [3.63, 3.8) is 0 Å². The van der Waals surface area contributed by atoms with Crippen molar-refractivity contribution in [2.24, 2.45) is 0 Å². The Balaban J connectivity index is 2.16. The maximum absolute atomic E-state index is 5.12. The van der Waals surface area contributed by atoms with Crippen LogP contribution in [-0.2, 0) is 0 Å². The van der Waals surface area contributed by atoms with Crippen LogP contribution in [0.4, 0.5) is 5.82 Å². The lowest BCUT2D eigenvalue weighted by atomic mass is 10.3. The summed E-state index contributed by atoms with van der Waals surface area (Å²) >= 11 is 1.64. The Morgan fingerprint density at radius 1 is 1.28 bits per heavy atom. The molecule has 0 aliphatic heterocycles. The Morgan fingerprint density at radius 2 is 2.06 bits per heavy atom. The van der Waals surface area contributed by atoms with Gasteiger partial charge in [0, 0.05) is 17.1 Å². The number of hydrogen-bond donors (Lipinski definition) is 1. The number of aromatic nitrogens is 3. The second kappa shape index (κ2) is 5.30. The molecule has 2 rings (SSSR count). The second-order valence-corrected chi connectivity index (χ2v) is 4.93. The summed E-state index contributed by atoms with van der Waals surface area (Å²) in [7, 11) is 1.60. The fourth-order valence-electron chi connectivity index (χ4n) is 1.57. The molecule has 1 atom stereocenters. The molecule has 0 fully saturated rings. The van der Waals surface area contributed by atoms with Gasteiger partial charge in [-0.3, -0.25) is 0 Å². The highest BCUT2D eigenvalue weighted by molar-refractivity contribution is 7.09. The van der Waals surface area contributed by atoms with Crippen molar-refractivity contribution in [2.45, 2.75) is 26.8 Å². The topological polar surface area (TPSA) is 59.9 Å². The molecule has 0 amide bonds. The van der Waals surface area contributed by atoms with Gasteiger partial charge in [-0.2, -0.15) is 4.98 Å². The number of anilines is 1. The summed E-state index contributed by atoms with van der Waals surface area (Å²) in [6.07, 6.45) is 0. The quantitative estimate of drug-likeness (QED) is 0.920. The van der Waals surface area contributed by atoms with E-state index in [9.17, 15) is 0 Å². The molecule has 18 heavy (non-hydrogen) atoms. The van der Waals surface area contributed by atoms with Gasteiger partial charge in [0.05, 0.1) is 13.2 Å². The fraction of sp³-hybridized carbons (Fsp3) is 0.417. The number of nitrogens with one attached hydrogen (secondary N) is 1. The van der Waals surface area contributed by atoms with Crippen molar-refractivity contribution >= 4 is 17.2 Å². The summed E-state index contributed by atoms with van der Waals surface area (Å²) in [6, 6.07) is 1.90. The summed E-state index contributed by atoms with van der Waals surface area (Å²) < 4.78 is 5.12. The van der Waals surface area contributed by atoms with Gasteiger partial charge in [-0.1, -0.05) is 0 Å². The smallest absolute Gasteiger partial charge is 0.218 e. The highest BCUT2D eigenvalue weighted by atomic mass is 32.1. The van der Waals surface area contributed by atoms with E-state index >= 15 is 0 Å². The molecule has 0 aliphatic rings. The first-order valence-corrected chi connectivity index (χ1v) is 6.54. The number of methoxy groups -OCH3 is 1. The summed E-state index contributed by atoms with van der Waals surface area (Å²) in [5.74, 6) is 1.99. The molecule has 1 N–H and O–H groups in total. The van der Waals surface area contributed by atoms with Crippen LogP contribution in [0.25, 0.3) is 0 Å². The summed E-state index contributed by atoms with van der Waals surface area (Å²) in [4.78, 5) is 12.9. The molecule has 2 heterocycles. The monoisotopic (exact) mass is 264 g/mol. The van der Waals surface area contributed by atoms with E-state index in [1.54, 1.807) is 24.5 Å². The molecule has 1 unspecified atom stereocenters. The second-order valence-electron chi connectivity index (χ2n) is 4.04. The van der Waals surface area contributed by atoms with Crippen molar-refractivity contribution in [2.75, 3.05) is 12.4 Å². The van der Waals surface area contributed by atoms with Gasteiger partial charge in [0.15, 0.2) is 0 Å². The van der Waals surface area contributed by atoms with Crippen LogP contribution in [0.2, 0.25) is 0 Å². The van der Waals surface area contributed by atoms with Gasteiger partial charge in [0.2, 0.25) is 5.88 Å². The van der Waals surface area contributed by atoms with Crippen molar-refractivity contribution < 1.29 is 4.74 Å². The van der Waals surface area contributed by atoms with E-state index in [1.807, 2.05) is 19.2 Å². The van der Waals surface area contributed by atoms with E-state index in [-0.39, 0.29) is 6.04 Å². The Kier molecular flexibility index (Phi) is 3.76. The largest absolute Gasteiger partial charge is 0.481 e. The van der Waals surface area contributed by atoms with E-state index in [4.69, 9.17) is 4.74 Å². The van der Waals surface area contributed by atoms with Crippen LogP contribution >= 0.6 is 11.3 Å². The Morgan fingerprint density at radius 3 is 2.67 bits per heavy atom. The molecule has 6 heteroatoms. The van der Waals surface area contributed by atoms with Crippen LogP contribution in [0.1, 0.15) is 29.5 Å². The molecule has 0 saturated carbocycles. The first kappa shape index (κ1) is 12.8. The summed E-state index contributed by atoms with van der Waals surface area (Å²) in [5, 5.41) is 6.39. The molecule has 0 spiro atoms. The average molecular weight is 264 g/mol. The summed E-state index contributed by atoms with van der Waals surface area (Å²) in [5.41, 5.74) is 1.04. The molecule has 96 valence electrons. The van der Waals surface area contributed by atoms with Crippen LogP contribution in [0.15, 0.2) is 11.4 Å². The first-order chi connectivity index (χ1) is 8.58. The molecule has 0 radical (unpaired) electrons. The maximum Gasteiger partial charge on any atom is 0.218 e. The molecule has 0 saturated heterocycles. The number of rotatable bonds is 4. The average Bonchev–Trinajstić information content (AvgIpc) is 2.75. The Bertz CT molecular complexity index is 541. The number of aryl methyl sites for hydroxylation is 2. The number of thiazole rings is 1. The zero-order valence-corrected chi connectivity index (χ0v) is 11.7. The standard InChI is InChI=1S/C12H16N4OS/c1-7-6-18-12(13-7)8(2)14-10-5-11(17-4)16-9(3)15-10/h5-6,8H,1-4H3,(H,14,15,16). The molecule has 0 bridgehead atoms. The lowest BCUT2D eigenvalue weighted by molar-refractivity contribution is 0.396. The number of hydrogen-bond acceptors (Lipinski definition) is 6. The molecular weight excluding hydrogens is 248 g/mol. The van der Waals surface area contributed by atoms with Gasteiger partial charge in [-0.05, 0) is 20.8 Å². The Hall–Kier alpha value is -1.69. The third-order valence-corrected chi connectivity index (χ3v) is 3.54. The van der Waals surface area contributed by atoms with Crippen LogP contribution in [0, 0.1) is 13.8 Å². The van der Waals surface area contributed by atoms with Crippen molar-refractivity contribution in [3.05, 3.63) is 28.0 Å². The van der Waals surface area contributed by atoms with E-state index in [1.165, 1.54) is 0 Å². The highest BCUT2D eigenvalue weighted by Crippen LogP contribution is 2.22. The number of ether oxygens (including phenoxy) is 1. The van der Waals surface area contributed by atoms with Crippen molar-refractivity contribution in [3.8, 4) is 5.88 Å². The van der Waals surface area contributed by atoms with Crippen LogP contribution < -0.4 is 10.1 Å². The van der Waals surface area contributed by atoms with E-state index in [2.05, 4.69) is 27.2 Å². The zero-order valence-electron chi connectivity index (χ0n) is 10.9. The van der Waals surface area contributed by atoms with Gasteiger partial charge in [-0.25, -0.2) is 9.97 Å². The van der Waals surface area contributed by atoms with Crippen LogP contribution in [0.5, 0.6) is 5.88 Å². The maximum atomic E-state index is 5.12. The van der Waals surface area contributed by atoms with Crippen LogP contribution in [0.3, 0.4) is 0 Å². The summed E-state index contributed by atoms with van der Waals surface area (Å²) in [6.45, 7) is 5.89. The van der Waals surface area contributed by atoms with Crippen molar-refractivity contribution in [1.82, 2.24) is 15.0 Å². The van der Waals surface area contributed by atoms with E-state index < -0.39 is 0 Å². The molecular formula is C12H16N4OS. The van der Waals surface area contributed by atoms with Gasteiger partial charge >= 0.3 is 0 Å². The van der Waals surface area contributed by atoms with Crippen LogP contribution in [-0.4, -0.2) is 22.1 Å². The lowest BCUT2D eigenvalue weighted by Crippen LogP contribution is -2.09. The minimum Gasteiger partial charge on any atom is -0.481 e. The van der Waals surface area contributed by atoms with Gasteiger partial charge in [0.1, 0.15) is 16.6 Å². The normalized spacial score (nSPS) is 12.2. The predicted molar refractivity (Wildman–Crippen MR) is 72.2 cm³/mol. The van der Waals surface area contributed by atoms with Crippen molar-refractivity contribution in [1.29, 1.82) is 0 Å². The molecule has 0 aliphatic carbocycles. The fourth-order valence-corrected chi connectivity index (χ4v) is 2.38. The first-order valence-electron chi connectivity index (χ1n) is 5.66. The zero-order chi connectivity index (χ0) is 13.1. The van der Waals surface area contributed by atoms with Gasteiger partial charge < -0.3 is 10.1 Å². The third-order valence-electron chi connectivity index (χ3n) is 2.40. The SMILES string of the molecule is COc1cc(NC(C)c2nc(C)cs2)nc(C)n1. The lowest BCUT2D eigenvalue weighted by Gasteiger charge is -2.12. The van der Waals surface area contributed by atoms with E-state index in [0.717, 1.165) is 16.5 Å². The Labute approximate surface area is 110 Å².